The number of carboxylic acids is 1. The monoisotopic (exact) mass is 601 g/mol. The maximum absolute atomic E-state index is 15.2. The predicted octanol–water partition coefficient (Wildman–Crippen LogP) is 5.95. The van der Waals surface area contributed by atoms with Crippen molar-refractivity contribution < 1.29 is 28.6 Å². The first-order valence-corrected chi connectivity index (χ1v) is 14.5. The Morgan fingerprint density at radius 2 is 2.08 bits per heavy atom. The van der Waals surface area contributed by atoms with Crippen LogP contribution >= 0.6 is 34.3 Å². The van der Waals surface area contributed by atoms with Crippen molar-refractivity contribution in [1.82, 2.24) is 9.88 Å². The van der Waals surface area contributed by atoms with Crippen molar-refractivity contribution in [2.24, 2.45) is 0 Å². The lowest BCUT2D eigenvalue weighted by Crippen LogP contribution is -2.33. The molecule has 1 aliphatic heterocycles. The molecule has 0 unspecified atom stereocenters. The van der Waals surface area contributed by atoms with E-state index in [1.54, 1.807) is 23.6 Å². The van der Waals surface area contributed by atoms with Crippen molar-refractivity contribution in [3.8, 4) is 0 Å². The summed E-state index contributed by atoms with van der Waals surface area (Å²) in [7, 11) is 1.57. The van der Waals surface area contributed by atoms with Gasteiger partial charge < -0.3 is 20.1 Å². The zero-order chi connectivity index (χ0) is 28.4. The lowest BCUT2D eigenvalue weighted by molar-refractivity contribution is -0.137. The number of hydrogen-bond donors (Lipinski definition) is 2. The number of ether oxygens (including phenoxy) is 1. The van der Waals surface area contributed by atoms with E-state index >= 15 is 4.39 Å². The van der Waals surface area contributed by atoms with Crippen LogP contribution in [0.1, 0.15) is 44.7 Å². The second kappa shape index (κ2) is 12.0. The molecule has 5 rings (SSSR count). The third kappa shape index (κ3) is 6.02. The maximum Gasteiger partial charge on any atom is 0.303 e. The third-order valence-electron chi connectivity index (χ3n) is 6.81. The van der Waals surface area contributed by atoms with E-state index in [1.807, 2.05) is 24.3 Å². The van der Waals surface area contributed by atoms with E-state index in [4.69, 9.17) is 21.4 Å². The Hall–Kier alpha value is -3.38. The number of thiazole rings is 1. The Kier molecular flexibility index (Phi) is 8.46. The van der Waals surface area contributed by atoms with Crippen LogP contribution in [-0.4, -0.2) is 52.5 Å². The molecule has 4 aromatic rings. The van der Waals surface area contributed by atoms with Crippen molar-refractivity contribution in [2.75, 3.05) is 19.0 Å². The summed E-state index contributed by atoms with van der Waals surface area (Å²) in [5, 5.41) is 15.0. The van der Waals surface area contributed by atoms with Crippen LogP contribution in [0.5, 0.6) is 0 Å². The number of carbonyl (C=O) groups excluding carboxylic acids is 2. The molecule has 0 saturated carbocycles. The summed E-state index contributed by atoms with van der Waals surface area (Å²) in [4.78, 5) is 44.1. The number of aliphatic carboxylic acids is 1. The number of carboxylic acid groups (broad SMARTS) is 1. The normalized spacial score (nSPS) is 16.9. The van der Waals surface area contributed by atoms with Gasteiger partial charge in [0.05, 0.1) is 41.3 Å². The average molecular weight is 602 g/mol. The van der Waals surface area contributed by atoms with Crippen LogP contribution in [0.3, 0.4) is 0 Å². The number of nitrogens with one attached hydrogen (secondary N) is 1. The van der Waals surface area contributed by atoms with Crippen LogP contribution in [0.25, 0.3) is 10.1 Å². The van der Waals surface area contributed by atoms with Gasteiger partial charge in [-0.2, -0.15) is 0 Å². The summed E-state index contributed by atoms with van der Waals surface area (Å²) in [6.07, 6.45) is 2.07. The SMILES string of the molecule is CO[C@@H]1C[C@@H](c2ncc(CCC(=O)O)s2)N(C(=O)Cc2cc(Cl)c(NC(=O)c3csc4ccccc34)cc2F)C1. The second-order valence-electron chi connectivity index (χ2n) is 9.41. The average Bonchev–Trinajstić information content (AvgIpc) is 3.68. The molecule has 40 heavy (non-hydrogen) atoms. The highest BCUT2D eigenvalue weighted by molar-refractivity contribution is 7.17. The molecule has 1 fully saturated rings. The van der Waals surface area contributed by atoms with Gasteiger partial charge >= 0.3 is 5.97 Å². The van der Waals surface area contributed by atoms with Crippen LogP contribution in [-0.2, 0) is 27.2 Å². The lowest BCUT2D eigenvalue weighted by Gasteiger charge is -2.23. The Balaban J connectivity index is 1.30. The number of halogens is 2. The second-order valence-corrected chi connectivity index (χ2v) is 11.9. The summed E-state index contributed by atoms with van der Waals surface area (Å²) in [5.74, 6) is -2.27. The third-order valence-corrected chi connectivity index (χ3v) is 9.24. The van der Waals surface area contributed by atoms with E-state index in [1.165, 1.54) is 28.7 Å². The molecule has 0 radical (unpaired) electrons. The molecule has 0 spiro atoms. The zero-order valence-corrected chi connectivity index (χ0v) is 23.7. The van der Waals surface area contributed by atoms with Gasteiger partial charge in [-0.3, -0.25) is 14.4 Å². The Bertz CT molecular complexity index is 1590. The number of aromatic nitrogens is 1. The van der Waals surface area contributed by atoms with Crippen molar-refractivity contribution in [2.45, 2.75) is 37.8 Å². The topological polar surface area (TPSA) is 109 Å². The molecule has 2 atom stereocenters. The standard InChI is InChI=1S/C28H25ClFN3O5S2/c1-38-16-10-23(28-31-12-17(40-28)6-7-26(35)36)33(13-16)25(34)9-15-8-20(29)22(11-21(15)30)32-27(37)19-14-39-24-5-3-2-4-18(19)24/h2-5,8,11-12,14,16,23H,6-7,9-10,13H2,1H3,(H,32,37)(H,35,36)/t16-,23+/m1/s1. The fourth-order valence-electron chi connectivity index (χ4n) is 4.73. The van der Waals surface area contributed by atoms with Crippen molar-refractivity contribution in [3.63, 3.8) is 0 Å². The van der Waals surface area contributed by atoms with Crippen LogP contribution in [0.4, 0.5) is 10.1 Å². The molecule has 0 aliphatic carbocycles. The molecule has 1 aliphatic rings. The summed E-state index contributed by atoms with van der Waals surface area (Å²) in [6, 6.07) is 9.63. The summed E-state index contributed by atoms with van der Waals surface area (Å²) < 4.78 is 21.6. The fraction of sp³-hybridized carbons (Fsp3) is 0.286. The van der Waals surface area contributed by atoms with Crippen LogP contribution in [0.15, 0.2) is 48.0 Å². The minimum Gasteiger partial charge on any atom is -0.481 e. The first-order chi connectivity index (χ1) is 19.2. The molecule has 1 saturated heterocycles. The first-order valence-electron chi connectivity index (χ1n) is 12.5. The Morgan fingerprint density at radius 3 is 2.85 bits per heavy atom. The Morgan fingerprint density at radius 1 is 1.27 bits per heavy atom. The van der Waals surface area contributed by atoms with Gasteiger partial charge in [-0.25, -0.2) is 9.37 Å². The van der Waals surface area contributed by atoms with E-state index < -0.39 is 17.7 Å². The predicted molar refractivity (Wildman–Crippen MR) is 153 cm³/mol. The molecule has 2 aromatic heterocycles. The van der Waals surface area contributed by atoms with Gasteiger partial charge in [0, 0.05) is 46.6 Å². The summed E-state index contributed by atoms with van der Waals surface area (Å²) in [6.45, 7) is 0.322. The Labute approximate surface area is 242 Å². The van der Waals surface area contributed by atoms with Crippen molar-refractivity contribution in [3.05, 3.63) is 79.8 Å². The van der Waals surface area contributed by atoms with E-state index in [2.05, 4.69) is 10.3 Å². The largest absolute Gasteiger partial charge is 0.481 e. The number of hydrogen-bond acceptors (Lipinski definition) is 7. The molecular formula is C28H25ClFN3O5S2. The molecule has 0 bridgehead atoms. The smallest absolute Gasteiger partial charge is 0.303 e. The molecule has 2 N–H and O–H groups in total. The van der Waals surface area contributed by atoms with E-state index in [9.17, 15) is 14.4 Å². The molecule has 2 aromatic carbocycles. The van der Waals surface area contributed by atoms with Gasteiger partial charge in [0.15, 0.2) is 0 Å². The number of amides is 2. The zero-order valence-electron chi connectivity index (χ0n) is 21.4. The van der Waals surface area contributed by atoms with Gasteiger partial charge in [-0.05, 0) is 30.2 Å². The molecule has 208 valence electrons. The lowest BCUT2D eigenvalue weighted by atomic mass is 10.1. The highest BCUT2D eigenvalue weighted by atomic mass is 35.5. The minimum atomic E-state index is -0.890. The molecule has 12 heteroatoms. The van der Waals surface area contributed by atoms with Crippen molar-refractivity contribution >= 4 is 67.8 Å². The number of methoxy groups -OCH3 is 1. The van der Waals surface area contributed by atoms with Crippen LogP contribution in [0, 0.1) is 5.82 Å². The summed E-state index contributed by atoms with van der Waals surface area (Å²) in [5.41, 5.74) is 0.693. The molecule has 2 amide bonds. The number of carbonyl (C=O) groups is 3. The number of benzene rings is 2. The first kappa shape index (κ1) is 28.2. The number of rotatable bonds is 9. The highest BCUT2D eigenvalue weighted by Crippen LogP contribution is 2.37. The van der Waals surface area contributed by atoms with Gasteiger partial charge in [-0.1, -0.05) is 29.8 Å². The maximum atomic E-state index is 15.2. The van der Waals surface area contributed by atoms with E-state index in [0.717, 1.165) is 21.0 Å². The molecule has 3 heterocycles. The van der Waals surface area contributed by atoms with Gasteiger partial charge in [-0.15, -0.1) is 22.7 Å². The quantitative estimate of drug-likeness (QED) is 0.245. The highest BCUT2D eigenvalue weighted by Gasteiger charge is 2.38. The molecular weight excluding hydrogens is 577 g/mol. The van der Waals surface area contributed by atoms with Crippen molar-refractivity contribution in [1.29, 1.82) is 0 Å². The number of anilines is 1. The minimum absolute atomic E-state index is 0.00399. The summed E-state index contributed by atoms with van der Waals surface area (Å²) >= 11 is 9.23. The van der Waals surface area contributed by atoms with Gasteiger partial charge in [0.25, 0.3) is 5.91 Å². The van der Waals surface area contributed by atoms with E-state index in [-0.39, 0.29) is 47.2 Å². The number of nitrogens with zero attached hydrogens (tertiary/aromatic N) is 2. The van der Waals surface area contributed by atoms with Gasteiger partial charge in [0.2, 0.25) is 5.91 Å². The van der Waals surface area contributed by atoms with Crippen LogP contribution < -0.4 is 5.32 Å². The number of likely N-dealkylation sites (tertiary alicyclic amines) is 1. The number of thiophene rings is 1. The molecule has 8 nitrogen and oxygen atoms in total. The van der Waals surface area contributed by atoms with Crippen LogP contribution in [0.2, 0.25) is 5.02 Å². The number of fused-ring (bicyclic) bond motifs is 1. The fourth-order valence-corrected chi connectivity index (χ4v) is 6.94. The van der Waals surface area contributed by atoms with Gasteiger partial charge in [0.1, 0.15) is 10.8 Å². The van der Waals surface area contributed by atoms with E-state index in [0.29, 0.717) is 30.0 Å². The number of aryl methyl sites for hydroxylation is 1.